The van der Waals surface area contributed by atoms with Gasteiger partial charge < -0.3 is 4.42 Å². The van der Waals surface area contributed by atoms with E-state index in [2.05, 4.69) is 30.4 Å². The van der Waals surface area contributed by atoms with Crippen molar-refractivity contribution < 1.29 is 4.42 Å². The molecule has 1 aromatic heterocycles. The van der Waals surface area contributed by atoms with Crippen molar-refractivity contribution in [3.8, 4) is 0 Å². The Morgan fingerprint density at radius 1 is 1.16 bits per heavy atom. The summed E-state index contributed by atoms with van der Waals surface area (Å²) in [5.41, 5.74) is 2.59. The van der Waals surface area contributed by atoms with Crippen molar-refractivity contribution in [3.05, 3.63) is 77.2 Å². The van der Waals surface area contributed by atoms with Gasteiger partial charge in [-0.25, -0.2) is 0 Å². The molecule has 0 radical (unpaired) electrons. The molecule has 1 nitrogen and oxygen atoms in total. The molecule has 1 heterocycles. The van der Waals surface area contributed by atoms with Gasteiger partial charge in [-0.1, -0.05) is 42.0 Å². The highest BCUT2D eigenvalue weighted by atomic mass is 35.5. The van der Waals surface area contributed by atoms with Crippen LogP contribution >= 0.6 is 11.6 Å². The fourth-order valence-electron chi connectivity index (χ4n) is 2.45. The molecule has 1 aliphatic carbocycles. The zero-order valence-electron chi connectivity index (χ0n) is 10.6. The summed E-state index contributed by atoms with van der Waals surface area (Å²) in [7, 11) is 0. The van der Waals surface area contributed by atoms with Crippen LogP contribution < -0.4 is 0 Å². The molecule has 0 aliphatic heterocycles. The zero-order chi connectivity index (χ0) is 13.1. The van der Waals surface area contributed by atoms with E-state index in [9.17, 15) is 0 Å². The second-order valence-electron chi connectivity index (χ2n) is 4.85. The average Bonchev–Trinajstić information content (AvgIpc) is 2.96. The molecule has 1 unspecified atom stereocenters. The summed E-state index contributed by atoms with van der Waals surface area (Å²) < 4.78 is 5.47. The summed E-state index contributed by atoms with van der Waals surface area (Å²) >= 11 is 5.91. The van der Waals surface area contributed by atoms with E-state index in [1.807, 2.05) is 24.3 Å². The number of allylic oxidation sites excluding steroid dienone is 4. The first-order chi connectivity index (χ1) is 9.31. The van der Waals surface area contributed by atoms with Crippen LogP contribution in [0, 0.1) is 5.92 Å². The molecule has 1 aliphatic rings. The van der Waals surface area contributed by atoms with Gasteiger partial charge in [0.1, 0.15) is 5.76 Å². The molecule has 19 heavy (non-hydrogen) atoms. The Bertz CT molecular complexity index is 591. The van der Waals surface area contributed by atoms with E-state index in [0.717, 1.165) is 23.6 Å². The fourth-order valence-corrected chi connectivity index (χ4v) is 2.58. The van der Waals surface area contributed by atoms with Crippen molar-refractivity contribution in [1.82, 2.24) is 0 Å². The lowest BCUT2D eigenvalue weighted by Crippen LogP contribution is -2.05. The smallest absolute Gasteiger partial charge is 0.129 e. The maximum atomic E-state index is 5.91. The third-order valence-electron chi connectivity index (χ3n) is 3.41. The van der Waals surface area contributed by atoms with Crippen molar-refractivity contribution in [2.75, 3.05) is 0 Å². The first-order valence-corrected chi connectivity index (χ1v) is 6.85. The summed E-state index contributed by atoms with van der Waals surface area (Å²) in [4.78, 5) is 0. The number of hydrogen-bond donors (Lipinski definition) is 0. The molecule has 0 fully saturated rings. The molecule has 2 heteroatoms. The molecule has 0 bridgehead atoms. The van der Waals surface area contributed by atoms with E-state index < -0.39 is 0 Å². The first-order valence-electron chi connectivity index (χ1n) is 6.47. The highest BCUT2D eigenvalue weighted by molar-refractivity contribution is 6.30. The van der Waals surface area contributed by atoms with Crippen LogP contribution in [0.15, 0.2) is 65.3 Å². The van der Waals surface area contributed by atoms with Crippen molar-refractivity contribution in [2.45, 2.75) is 12.8 Å². The number of benzene rings is 1. The average molecular weight is 271 g/mol. The van der Waals surface area contributed by atoms with Gasteiger partial charge in [-0.15, -0.1) is 0 Å². The molecule has 0 saturated carbocycles. The summed E-state index contributed by atoms with van der Waals surface area (Å²) in [5, 5.41) is 0.791. The van der Waals surface area contributed by atoms with Crippen LogP contribution in [0.1, 0.15) is 17.7 Å². The molecular weight excluding hydrogens is 256 g/mol. The molecule has 3 rings (SSSR count). The maximum absolute atomic E-state index is 5.91. The van der Waals surface area contributed by atoms with Gasteiger partial charge in [0.05, 0.1) is 6.26 Å². The molecule has 0 spiro atoms. The minimum absolute atomic E-state index is 0.520. The highest BCUT2D eigenvalue weighted by Gasteiger charge is 2.15. The Kier molecular flexibility index (Phi) is 3.56. The first kappa shape index (κ1) is 12.3. The van der Waals surface area contributed by atoms with Gasteiger partial charge in [0.15, 0.2) is 0 Å². The summed E-state index contributed by atoms with van der Waals surface area (Å²) in [5.74, 6) is 1.50. The molecule has 0 amide bonds. The summed E-state index contributed by atoms with van der Waals surface area (Å²) in [6.07, 6.45) is 10.3. The third-order valence-corrected chi connectivity index (χ3v) is 3.66. The van der Waals surface area contributed by atoms with Crippen LogP contribution in [0.3, 0.4) is 0 Å². The standard InChI is InChI=1S/C17H15ClO/c18-16-8-6-13(7-9-16)11-14-3-1-4-15(12-14)17-5-2-10-19-17/h1-10,14H,11-12H2. The van der Waals surface area contributed by atoms with Gasteiger partial charge in [0, 0.05) is 5.02 Å². The van der Waals surface area contributed by atoms with Crippen LogP contribution in [-0.2, 0) is 6.42 Å². The topological polar surface area (TPSA) is 13.1 Å². The summed E-state index contributed by atoms with van der Waals surface area (Å²) in [6, 6.07) is 12.1. The lowest BCUT2D eigenvalue weighted by molar-refractivity contribution is 0.542. The Morgan fingerprint density at radius 2 is 2.00 bits per heavy atom. The quantitative estimate of drug-likeness (QED) is 0.753. The predicted octanol–water partition coefficient (Wildman–Crippen LogP) is 5.14. The highest BCUT2D eigenvalue weighted by Crippen LogP contribution is 2.29. The molecular formula is C17H15ClO. The molecule has 96 valence electrons. The monoisotopic (exact) mass is 270 g/mol. The molecule has 1 aromatic carbocycles. The van der Waals surface area contributed by atoms with E-state index in [1.165, 1.54) is 11.1 Å². The predicted molar refractivity (Wildman–Crippen MR) is 79.1 cm³/mol. The molecule has 2 aromatic rings. The SMILES string of the molecule is Clc1ccc(CC2C=CC=C(c3ccco3)C2)cc1. The lowest BCUT2D eigenvalue weighted by Gasteiger charge is -2.17. The van der Waals surface area contributed by atoms with E-state index in [1.54, 1.807) is 6.26 Å². The van der Waals surface area contributed by atoms with Gasteiger partial charge in [0.2, 0.25) is 0 Å². The second-order valence-corrected chi connectivity index (χ2v) is 5.29. The van der Waals surface area contributed by atoms with E-state index in [-0.39, 0.29) is 0 Å². The van der Waals surface area contributed by atoms with Gasteiger partial charge in [-0.05, 0) is 54.2 Å². The van der Waals surface area contributed by atoms with Crippen LogP contribution in [0.4, 0.5) is 0 Å². The van der Waals surface area contributed by atoms with Crippen LogP contribution in [-0.4, -0.2) is 0 Å². The van der Waals surface area contributed by atoms with Gasteiger partial charge >= 0.3 is 0 Å². The minimum Gasteiger partial charge on any atom is -0.465 e. The van der Waals surface area contributed by atoms with Crippen molar-refractivity contribution in [2.24, 2.45) is 5.92 Å². The second kappa shape index (κ2) is 5.50. The van der Waals surface area contributed by atoms with Gasteiger partial charge in [-0.2, -0.15) is 0 Å². The lowest BCUT2D eigenvalue weighted by atomic mass is 9.88. The molecule has 1 atom stereocenters. The fraction of sp³-hybridized carbons (Fsp3) is 0.176. The minimum atomic E-state index is 0.520. The van der Waals surface area contributed by atoms with E-state index in [4.69, 9.17) is 16.0 Å². The van der Waals surface area contributed by atoms with E-state index >= 15 is 0 Å². The molecule has 0 N–H and O–H groups in total. The maximum Gasteiger partial charge on any atom is 0.129 e. The number of furan rings is 1. The third kappa shape index (κ3) is 2.99. The van der Waals surface area contributed by atoms with Gasteiger partial charge in [0.25, 0.3) is 0 Å². The largest absolute Gasteiger partial charge is 0.465 e. The number of rotatable bonds is 3. The summed E-state index contributed by atoms with van der Waals surface area (Å²) in [6.45, 7) is 0. The normalized spacial score (nSPS) is 18.4. The van der Waals surface area contributed by atoms with E-state index in [0.29, 0.717) is 5.92 Å². The van der Waals surface area contributed by atoms with Crippen LogP contribution in [0.25, 0.3) is 5.57 Å². The number of halogens is 1. The van der Waals surface area contributed by atoms with Crippen molar-refractivity contribution >= 4 is 17.2 Å². The Balaban J connectivity index is 1.70. The number of hydrogen-bond acceptors (Lipinski definition) is 1. The molecule has 0 saturated heterocycles. The van der Waals surface area contributed by atoms with Crippen LogP contribution in [0.2, 0.25) is 5.02 Å². The Labute approximate surface area is 118 Å². The zero-order valence-corrected chi connectivity index (χ0v) is 11.3. The Morgan fingerprint density at radius 3 is 2.74 bits per heavy atom. The van der Waals surface area contributed by atoms with Crippen LogP contribution in [0.5, 0.6) is 0 Å². The van der Waals surface area contributed by atoms with Gasteiger partial charge in [-0.3, -0.25) is 0 Å². The van der Waals surface area contributed by atoms with Crippen molar-refractivity contribution in [1.29, 1.82) is 0 Å². The Hall–Kier alpha value is -1.73. The van der Waals surface area contributed by atoms with Crippen molar-refractivity contribution in [3.63, 3.8) is 0 Å².